The van der Waals surface area contributed by atoms with Gasteiger partial charge in [0.15, 0.2) is 17.5 Å². The monoisotopic (exact) mass is 474 g/mol. The second kappa shape index (κ2) is 12.3. The van der Waals surface area contributed by atoms with Crippen molar-refractivity contribution in [2.45, 2.75) is 70.1 Å². The molecule has 0 amide bonds. The molecule has 0 bridgehead atoms. The Bertz CT molecular complexity index is 904. The third kappa shape index (κ3) is 6.58. The number of allylic oxidation sites excluding steroid dienone is 3. The van der Waals surface area contributed by atoms with E-state index < -0.39 is 17.5 Å². The highest BCUT2D eigenvalue weighted by Crippen LogP contribution is 2.41. The molecule has 2 saturated carbocycles. The zero-order valence-electron chi connectivity index (χ0n) is 20.3. The van der Waals surface area contributed by atoms with Crippen LogP contribution in [-0.4, -0.2) is 13.2 Å². The van der Waals surface area contributed by atoms with E-state index >= 15 is 8.78 Å². The second-order valence-electron chi connectivity index (χ2n) is 9.56. The van der Waals surface area contributed by atoms with Crippen molar-refractivity contribution in [3.05, 3.63) is 84.1 Å². The molecule has 2 aliphatic carbocycles. The van der Waals surface area contributed by atoms with Gasteiger partial charge >= 0.3 is 0 Å². The highest BCUT2D eigenvalue weighted by Gasteiger charge is 2.29. The molecular formula is C29H37F3O2. The van der Waals surface area contributed by atoms with Crippen molar-refractivity contribution >= 4 is 0 Å². The Morgan fingerprint density at radius 3 is 1.94 bits per heavy atom. The van der Waals surface area contributed by atoms with Gasteiger partial charge in [-0.2, -0.15) is 0 Å². The maximum absolute atomic E-state index is 15.1. The van der Waals surface area contributed by atoms with Crippen molar-refractivity contribution in [3.63, 3.8) is 0 Å². The lowest BCUT2D eigenvalue weighted by atomic mass is 9.76. The second-order valence-corrected chi connectivity index (χ2v) is 9.56. The molecule has 0 saturated heterocycles. The maximum Gasteiger partial charge on any atom is 0.168 e. The lowest BCUT2D eigenvalue weighted by molar-refractivity contribution is 0.136. The summed E-state index contributed by atoms with van der Waals surface area (Å²) in [6.45, 7) is 13.6. The largest absolute Gasteiger partial charge is 0.494 e. The summed E-state index contributed by atoms with van der Waals surface area (Å²) in [6.07, 6.45) is 9.96. The summed E-state index contributed by atoms with van der Waals surface area (Å²) in [4.78, 5) is 0. The van der Waals surface area contributed by atoms with Gasteiger partial charge in [-0.1, -0.05) is 31.4 Å². The maximum atomic E-state index is 15.1. The number of hydrogen-bond donors (Lipinski definition) is 0. The van der Waals surface area contributed by atoms with Crippen molar-refractivity contribution in [1.29, 1.82) is 0 Å². The van der Waals surface area contributed by atoms with Crippen LogP contribution in [0.4, 0.5) is 13.2 Å². The Morgan fingerprint density at radius 2 is 1.44 bits per heavy atom. The summed E-state index contributed by atoms with van der Waals surface area (Å²) in [5, 5.41) is 0. The minimum absolute atomic E-state index is 0.00866. The highest BCUT2D eigenvalue weighted by molar-refractivity contribution is 5.32. The quantitative estimate of drug-likeness (QED) is 0.192. The summed E-state index contributed by atoms with van der Waals surface area (Å²) in [5.41, 5.74) is 1.000. The molecule has 2 aliphatic rings. The molecule has 0 heterocycles. The topological polar surface area (TPSA) is 18.5 Å². The van der Waals surface area contributed by atoms with Crippen molar-refractivity contribution in [2.75, 3.05) is 13.2 Å². The lowest BCUT2D eigenvalue weighted by Crippen LogP contribution is -2.19. The van der Waals surface area contributed by atoms with Crippen molar-refractivity contribution < 1.29 is 22.6 Å². The normalized spacial score (nSPS) is 25.5. The van der Waals surface area contributed by atoms with Crippen molar-refractivity contribution in [1.82, 2.24) is 0 Å². The summed E-state index contributed by atoms with van der Waals surface area (Å²) in [5.74, 6) is -1.00. The fourth-order valence-electron chi connectivity index (χ4n) is 5.25. The molecule has 0 aliphatic heterocycles. The summed E-state index contributed by atoms with van der Waals surface area (Å²) < 4.78 is 54.8. The van der Waals surface area contributed by atoms with Gasteiger partial charge in [-0.3, -0.25) is 0 Å². The smallest absolute Gasteiger partial charge is 0.168 e. The minimum atomic E-state index is -0.682. The van der Waals surface area contributed by atoms with Gasteiger partial charge in [-0.05, 0) is 93.1 Å². The Labute approximate surface area is 202 Å². The average Bonchev–Trinajstić information content (AvgIpc) is 2.85. The van der Waals surface area contributed by atoms with Crippen molar-refractivity contribution in [2.24, 2.45) is 11.8 Å². The molecule has 1 aromatic rings. The van der Waals surface area contributed by atoms with E-state index in [-0.39, 0.29) is 29.3 Å². The molecule has 0 spiro atoms. The average molecular weight is 475 g/mol. The number of hydrogen-bond acceptors (Lipinski definition) is 2. The molecule has 0 radical (unpaired) electrons. The van der Waals surface area contributed by atoms with Crippen LogP contribution in [0.25, 0.3) is 0 Å². The summed E-state index contributed by atoms with van der Waals surface area (Å²) in [6, 6.07) is 3.60. The number of ether oxygens (including phenoxy) is 2. The van der Waals surface area contributed by atoms with Gasteiger partial charge in [0.25, 0.3) is 0 Å². The van der Waals surface area contributed by atoms with Crippen LogP contribution in [0, 0.1) is 23.5 Å². The molecule has 2 nitrogen and oxygen atoms in total. The molecule has 5 heteroatoms. The van der Waals surface area contributed by atoms with Crippen LogP contribution in [-0.2, 0) is 9.47 Å². The molecule has 3 rings (SSSR count). The van der Waals surface area contributed by atoms with E-state index in [2.05, 4.69) is 19.7 Å². The Kier molecular flexibility index (Phi) is 9.49. The molecular weight excluding hydrogens is 437 g/mol. The minimum Gasteiger partial charge on any atom is -0.494 e. The molecule has 34 heavy (non-hydrogen) atoms. The van der Waals surface area contributed by atoms with Crippen LogP contribution in [0.2, 0.25) is 0 Å². The van der Waals surface area contributed by atoms with Crippen LogP contribution >= 0.6 is 0 Å². The van der Waals surface area contributed by atoms with Gasteiger partial charge < -0.3 is 9.47 Å². The molecule has 2 fully saturated rings. The first-order chi connectivity index (χ1) is 16.3. The zero-order valence-corrected chi connectivity index (χ0v) is 20.3. The van der Waals surface area contributed by atoms with E-state index in [0.29, 0.717) is 30.3 Å². The standard InChI is InChI=1S/C29H37F3O2/c1-5-21-7-11-23(12-8-21)25-15-16-26(29(32)28(25)31)24-13-9-22(10-14-24)18-34-20(4)27(30)17-19(3)33-6-2/h5,15-17,21-24H,1,3-4,6-14,18H2,2H3/b27-17+. The molecule has 0 atom stereocenters. The Hall–Kier alpha value is -2.43. The fraction of sp³-hybridized carbons (Fsp3) is 0.517. The third-order valence-electron chi connectivity index (χ3n) is 7.35. The van der Waals surface area contributed by atoms with Crippen molar-refractivity contribution in [3.8, 4) is 0 Å². The van der Waals surface area contributed by atoms with E-state index in [0.717, 1.165) is 57.4 Å². The van der Waals surface area contributed by atoms with Crippen LogP contribution in [0.1, 0.15) is 81.3 Å². The molecule has 186 valence electrons. The Morgan fingerprint density at radius 1 is 0.912 bits per heavy atom. The van der Waals surface area contributed by atoms with E-state index in [1.165, 1.54) is 0 Å². The molecule has 0 aromatic heterocycles. The number of rotatable bonds is 10. The summed E-state index contributed by atoms with van der Waals surface area (Å²) in [7, 11) is 0. The van der Waals surface area contributed by atoms with Gasteiger partial charge in [0, 0.05) is 6.08 Å². The van der Waals surface area contributed by atoms with Gasteiger partial charge in [0.1, 0.15) is 11.5 Å². The number of halogens is 3. The third-order valence-corrected chi connectivity index (χ3v) is 7.35. The van der Waals surface area contributed by atoms with Crippen LogP contribution < -0.4 is 0 Å². The van der Waals surface area contributed by atoms with Crippen LogP contribution in [0.5, 0.6) is 0 Å². The first-order valence-electron chi connectivity index (χ1n) is 12.4. The Balaban J connectivity index is 1.52. The van der Waals surface area contributed by atoms with Crippen LogP contribution in [0.15, 0.2) is 61.4 Å². The van der Waals surface area contributed by atoms with E-state index in [1.807, 2.05) is 6.08 Å². The SMILES string of the molecule is C=CC1CCC(c2ccc(C3CCC(COC(=C)/C(F)=C\C(=C)OCC)CC3)c(F)c2F)CC1. The zero-order chi connectivity index (χ0) is 24.7. The van der Waals surface area contributed by atoms with Gasteiger partial charge in [-0.15, -0.1) is 6.58 Å². The summed E-state index contributed by atoms with van der Waals surface area (Å²) >= 11 is 0. The predicted molar refractivity (Wildman–Crippen MR) is 131 cm³/mol. The number of benzene rings is 1. The van der Waals surface area contributed by atoms with Gasteiger partial charge in [-0.25, -0.2) is 13.2 Å². The lowest BCUT2D eigenvalue weighted by Gasteiger charge is -2.30. The fourth-order valence-corrected chi connectivity index (χ4v) is 5.25. The predicted octanol–water partition coefficient (Wildman–Crippen LogP) is 8.63. The van der Waals surface area contributed by atoms with Gasteiger partial charge in [0.05, 0.1) is 13.2 Å². The first-order valence-corrected chi connectivity index (χ1v) is 12.4. The van der Waals surface area contributed by atoms with Crippen LogP contribution in [0.3, 0.4) is 0 Å². The van der Waals surface area contributed by atoms with E-state index in [9.17, 15) is 4.39 Å². The van der Waals surface area contributed by atoms with E-state index in [1.54, 1.807) is 19.1 Å². The highest BCUT2D eigenvalue weighted by atomic mass is 19.2. The first kappa shape index (κ1) is 26.2. The molecule has 0 N–H and O–H groups in total. The molecule has 0 unspecified atom stereocenters. The van der Waals surface area contributed by atoms with Gasteiger partial charge in [0.2, 0.25) is 0 Å². The van der Waals surface area contributed by atoms with E-state index in [4.69, 9.17) is 9.47 Å². The molecule has 1 aromatic carbocycles.